The number of aliphatic hydroxyl groups is 1. The minimum absolute atomic E-state index is 0.0216. The van der Waals surface area contributed by atoms with Crippen LogP contribution in [0, 0.1) is 12.3 Å². The molecule has 0 unspecified atom stereocenters. The van der Waals surface area contributed by atoms with E-state index >= 15 is 0 Å². The molecule has 1 saturated heterocycles. The number of hydrogen-bond donors (Lipinski definition) is 3. The zero-order valence-corrected chi connectivity index (χ0v) is 24.5. The molecule has 212 valence electrons. The molecule has 3 N–H and O–H groups in total. The van der Waals surface area contributed by atoms with Gasteiger partial charge in [-0.3, -0.25) is 14.4 Å². The highest BCUT2D eigenvalue weighted by Crippen LogP contribution is 2.40. The Morgan fingerprint density at radius 1 is 1.21 bits per heavy atom. The Bertz CT molecular complexity index is 1250. The molecule has 2 aliphatic rings. The molecule has 1 aliphatic heterocycles. The molecular weight excluding hydrogens is 517 g/mol. The zero-order valence-electron chi connectivity index (χ0n) is 23.6. The molecule has 1 aromatic carbocycles. The third-order valence-corrected chi connectivity index (χ3v) is 8.76. The van der Waals surface area contributed by atoms with E-state index in [2.05, 4.69) is 55.0 Å². The van der Waals surface area contributed by atoms with Crippen LogP contribution in [0.15, 0.2) is 29.6 Å². The van der Waals surface area contributed by atoms with Crippen molar-refractivity contribution >= 4 is 29.1 Å². The fourth-order valence-corrected chi connectivity index (χ4v) is 6.05. The molecule has 2 fully saturated rings. The molecule has 3 amide bonds. The Morgan fingerprint density at radius 3 is 2.46 bits per heavy atom. The largest absolute Gasteiger partial charge is 0.391 e. The summed E-state index contributed by atoms with van der Waals surface area (Å²) in [5.41, 5.74) is 1.86. The fourth-order valence-electron chi connectivity index (χ4n) is 5.12. The molecule has 39 heavy (non-hydrogen) atoms. The van der Waals surface area contributed by atoms with E-state index in [-0.39, 0.29) is 44.2 Å². The summed E-state index contributed by atoms with van der Waals surface area (Å²) in [5.74, 6) is -1.41. The van der Waals surface area contributed by atoms with Crippen LogP contribution in [-0.2, 0) is 20.9 Å². The van der Waals surface area contributed by atoms with Gasteiger partial charge in [0, 0.05) is 24.4 Å². The summed E-state index contributed by atoms with van der Waals surface area (Å²) in [4.78, 5) is 42.0. The number of rotatable bonds is 8. The average molecular weight is 558 g/mol. The van der Waals surface area contributed by atoms with Crippen molar-refractivity contribution in [3.05, 3.63) is 46.3 Å². The van der Waals surface area contributed by atoms with Crippen molar-refractivity contribution in [3.8, 4) is 10.4 Å². The monoisotopic (exact) mass is 557 g/mol. The predicted molar refractivity (Wildman–Crippen MR) is 151 cm³/mol. The molecule has 9 heteroatoms. The van der Waals surface area contributed by atoms with Gasteiger partial charge >= 0.3 is 0 Å². The molecule has 1 aliphatic carbocycles. The number of carbonyl (C=O) groups is 3. The fraction of sp³-hybridized carbons (Fsp3) is 0.567. The van der Waals surface area contributed by atoms with Crippen molar-refractivity contribution in [2.45, 2.75) is 97.1 Å². The molecule has 2 aromatic rings. The van der Waals surface area contributed by atoms with Gasteiger partial charge in [-0.1, -0.05) is 46.8 Å². The van der Waals surface area contributed by atoms with Gasteiger partial charge in [-0.25, -0.2) is 4.39 Å². The van der Waals surface area contributed by atoms with Crippen LogP contribution in [-0.4, -0.2) is 58.1 Å². The maximum atomic E-state index is 14.4. The van der Waals surface area contributed by atoms with Gasteiger partial charge < -0.3 is 20.6 Å². The van der Waals surface area contributed by atoms with Gasteiger partial charge in [0.1, 0.15) is 12.1 Å². The van der Waals surface area contributed by atoms with Crippen molar-refractivity contribution in [3.63, 3.8) is 0 Å². The highest BCUT2D eigenvalue weighted by molar-refractivity contribution is 7.13. The van der Waals surface area contributed by atoms with Crippen LogP contribution in [0.25, 0.3) is 10.4 Å². The molecule has 3 atom stereocenters. The Balaban J connectivity index is 1.49. The number of likely N-dealkylation sites (tertiary alicyclic amines) is 1. The van der Waals surface area contributed by atoms with Crippen molar-refractivity contribution in [1.82, 2.24) is 15.5 Å². The lowest BCUT2D eigenvalue weighted by Gasteiger charge is -2.35. The number of alkyl halides is 1. The first kappa shape index (κ1) is 29.2. The zero-order chi connectivity index (χ0) is 28.7. The van der Waals surface area contributed by atoms with Gasteiger partial charge in [-0.2, -0.15) is 0 Å². The predicted octanol–water partition coefficient (Wildman–Crippen LogP) is 4.46. The van der Waals surface area contributed by atoms with Gasteiger partial charge in [0.05, 0.1) is 6.10 Å². The second-order valence-corrected chi connectivity index (χ2v) is 13.3. The average Bonchev–Trinajstić information content (AvgIpc) is 3.28. The van der Waals surface area contributed by atoms with Crippen molar-refractivity contribution in [2.75, 3.05) is 6.54 Å². The smallest absolute Gasteiger partial charge is 0.258 e. The quantitative estimate of drug-likeness (QED) is 0.446. The number of nitrogens with zero attached hydrogens (tertiary/aromatic N) is 1. The number of benzene rings is 1. The number of β-amino-alcohol motifs (C(OH)–C–C–N with tert-alkyl or cyclic N) is 1. The second kappa shape index (κ2) is 11.0. The second-order valence-electron chi connectivity index (χ2n) is 12.4. The number of thiophene rings is 1. The summed E-state index contributed by atoms with van der Waals surface area (Å²) in [6, 6.07) is 6.46. The molecule has 0 bridgehead atoms. The number of nitrogens with one attached hydrogen (secondary N) is 2. The number of hydrogen-bond acceptors (Lipinski definition) is 5. The molecular formula is C30H40FN3O4S. The normalized spacial score (nSPS) is 21.1. The van der Waals surface area contributed by atoms with Gasteiger partial charge in [-0.15, -0.1) is 11.3 Å². The maximum Gasteiger partial charge on any atom is 0.258 e. The van der Waals surface area contributed by atoms with E-state index in [0.717, 1.165) is 16.7 Å². The highest BCUT2D eigenvalue weighted by atomic mass is 32.1. The molecule has 0 spiro atoms. The minimum atomic E-state index is -1.92. The summed E-state index contributed by atoms with van der Waals surface area (Å²) < 4.78 is 14.4. The number of aryl methyl sites for hydroxylation is 1. The van der Waals surface area contributed by atoms with Crippen LogP contribution in [0.2, 0.25) is 0 Å². The highest BCUT2D eigenvalue weighted by Gasteiger charge is 2.53. The lowest BCUT2D eigenvalue weighted by Crippen LogP contribution is -2.59. The molecule has 1 aromatic heterocycles. The summed E-state index contributed by atoms with van der Waals surface area (Å²) in [6.07, 6.45) is -0.479. The Labute approximate surface area is 234 Å². The van der Waals surface area contributed by atoms with Crippen LogP contribution < -0.4 is 10.6 Å². The van der Waals surface area contributed by atoms with E-state index in [9.17, 15) is 23.9 Å². The first-order valence-corrected chi connectivity index (χ1v) is 14.5. The lowest BCUT2D eigenvalue weighted by molar-refractivity contribution is -0.145. The number of aliphatic hydroxyl groups excluding tert-OH is 1. The lowest BCUT2D eigenvalue weighted by atomic mass is 9.85. The van der Waals surface area contributed by atoms with Crippen LogP contribution in [0.4, 0.5) is 4.39 Å². The van der Waals surface area contributed by atoms with Gasteiger partial charge in [0.15, 0.2) is 5.67 Å². The van der Waals surface area contributed by atoms with E-state index in [4.69, 9.17) is 0 Å². The molecule has 2 heterocycles. The Kier molecular flexibility index (Phi) is 8.24. The molecule has 1 saturated carbocycles. The van der Waals surface area contributed by atoms with Crippen LogP contribution >= 0.6 is 11.3 Å². The molecule has 7 nitrogen and oxygen atoms in total. The standard InChI is InChI=1S/C30H40FN3O4S/c1-17(2)22-13-19(24-18(3)9-12-39-24)7-8-20(22)15-32-26(36)23-14-21(35)16-34(23)27(37)25(29(4,5)6)33-28(38)30(31)10-11-30/h7-9,12-13,17,21,23,25,35H,10-11,14-16H2,1-6H3,(H,32,36)(H,33,38)/t21-,23+,25-/m1/s1. The van der Waals surface area contributed by atoms with Crippen LogP contribution in [0.5, 0.6) is 0 Å². The first-order valence-electron chi connectivity index (χ1n) is 13.6. The molecule has 0 radical (unpaired) electrons. The summed E-state index contributed by atoms with van der Waals surface area (Å²) in [5, 5.41) is 18.0. The third kappa shape index (κ3) is 6.35. The van der Waals surface area contributed by atoms with E-state index < -0.39 is 41.1 Å². The van der Waals surface area contributed by atoms with Crippen LogP contribution in [0.3, 0.4) is 0 Å². The van der Waals surface area contributed by atoms with Crippen molar-refractivity contribution in [1.29, 1.82) is 0 Å². The third-order valence-electron chi connectivity index (χ3n) is 7.69. The van der Waals surface area contributed by atoms with Crippen molar-refractivity contribution in [2.24, 2.45) is 5.41 Å². The maximum absolute atomic E-state index is 14.4. The molecule has 4 rings (SSSR count). The van der Waals surface area contributed by atoms with E-state index in [1.54, 1.807) is 32.1 Å². The van der Waals surface area contributed by atoms with Gasteiger partial charge in [-0.05, 0) is 70.9 Å². The van der Waals surface area contributed by atoms with Gasteiger partial charge in [0.25, 0.3) is 5.91 Å². The summed E-state index contributed by atoms with van der Waals surface area (Å²) in [6.45, 7) is 11.9. The van der Waals surface area contributed by atoms with E-state index in [1.807, 2.05) is 6.07 Å². The first-order chi connectivity index (χ1) is 18.2. The number of carbonyl (C=O) groups excluding carboxylic acids is 3. The van der Waals surface area contributed by atoms with Gasteiger partial charge in [0.2, 0.25) is 11.8 Å². The summed E-state index contributed by atoms with van der Waals surface area (Å²) in [7, 11) is 0. The topological polar surface area (TPSA) is 98.7 Å². The SMILES string of the molecule is Cc1ccsc1-c1ccc(CNC(=O)[C@@H]2C[C@@H](O)CN2C(=O)[C@@H](NC(=O)C2(F)CC2)C(C)(C)C)c(C(C)C)c1. The van der Waals surface area contributed by atoms with E-state index in [0.29, 0.717) is 0 Å². The summed E-state index contributed by atoms with van der Waals surface area (Å²) >= 11 is 1.70. The van der Waals surface area contributed by atoms with Crippen LogP contribution in [0.1, 0.15) is 76.5 Å². The Morgan fingerprint density at radius 2 is 1.90 bits per heavy atom. The van der Waals surface area contributed by atoms with E-state index in [1.165, 1.54) is 15.3 Å². The van der Waals surface area contributed by atoms with Crippen molar-refractivity contribution < 1.29 is 23.9 Å². The number of amides is 3. The number of halogens is 1. The minimum Gasteiger partial charge on any atom is -0.391 e. The Hall–Kier alpha value is -2.78.